The van der Waals surface area contributed by atoms with Gasteiger partial charge in [-0.15, -0.1) is 0 Å². The smallest absolute Gasteiger partial charge is 0.136 e. The molecule has 0 spiro atoms. The molecular formula is C19H23N3O2. The lowest BCUT2D eigenvalue weighted by molar-refractivity contribution is 0.0332. The zero-order valence-corrected chi connectivity index (χ0v) is 14.3. The van der Waals surface area contributed by atoms with Crippen LogP contribution in [0.3, 0.4) is 0 Å². The number of furan rings is 1. The van der Waals surface area contributed by atoms with E-state index >= 15 is 0 Å². The van der Waals surface area contributed by atoms with Gasteiger partial charge in [0.15, 0.2) is 0 Å². The van der Waals surface area contributed by atoms with Crippen molar-refractivity contribution in [3.8, 4) is 5.69 Å². The second kappa shape index (κ2) is 6.63. The first kappa shape index (κ1) is 16.5. The van der Waals surface area contributed by atoms with E-state index in [0.29, 0.717) is 18.8 Å². The molecule has 0 aliphatic heterocycles. The second-order valence-electron chi connectivity index (χ2n) is 6.26. The Morgan fingerprint density at radius 1 is 1.17 bits per heavy atom. The zero-order chi connectivity index (χ0) is 17.2. The van der Waals surface area contributed by atoms with Gasteiger partial charge in [-0.25, -0.2) is 4.98 Å². The maximum atomic E-state index is 10.6. The van der Waals surface area contributed by atoms with Crippen LogP contribution < -0.4 is 5.32 Å². The number of nitrogens with one attached hydrogen (secondary N) is 1. The maximum absolute atomic E-state index is 10.6. The SMILES string of the molecule is Cc1ccc(C(C)(O)CNCc2cnc(C)n2-c2ccccc2)o1. The van der Waals surface area contributed by atoms with E-state index < -0.39 is 5.60 Å². The third-order valence-corrected chi connectivity index (χ3v) is 4.07. The van der Waals surface area contributed by atoms with Crippen LogP contribution in [0.4, 0.5) is 0 Å². The predicted octanol–water partition coefficient (Wildman–Crippen LogP) is 3.08. The van der Waals surface area contributed by atoms with Crippen LogP contribution in [0.25, 0.3) is 5.69 Å². The van der Waals surface area contributed by atoms with Gasteiger partial charge in [0.2, 0.25) is 0 Å². The molecule has 2 N–H and O–H groups in total. The second-order valence-corrected chi connectivity index (χ2v) is 6.26. The Labute approximate surface area is 142 Å². The fourth-order valence-corrected chi connectivity index (χ4v) is 2.79. The number of rotatable bonds is 6. The minimum atomic E-state index is -1.05. The van der Waals surface area contributed by atoms with Crippen molar-refractivity contribution in [3.63, 3.8) is 0 Å². The number of aryl methyl sites for hydroxylation is 2. The number of imidazole rings is 1. The van der Waals surface area contributed by atoms with Crippen LogP contribution in [0.1, 0.15) is 30.0 Å². The lowest BCUT2D eigenvalue weighted by atomic mass is 10.0. The van der Waals surface area contributed by atoms with Crippen LogP contribution in [-0.2, 0) is 12.1 Å². The normalized spacial score (nSPS) is 13.8. The van der Waals surface area contributed by atoms with Gasteiger partial charge in [0.05, 0.1) is 11.9 Å². The summed E-state index contributed by atoms with van der Waals surface area (Å²) in [7, 11) is 0. The maximum Gasteiger partial charge on any atom is 0.136 e. The van der Waals surface area contributed by atoms with Crippen LogP contribution in [0.5, 0.6) is 0 Å². The van der Waals surface area contributed by atoms with Crippen LogP contribution >= 0.6 is 0 Å². The number of hydrogen-bond acceptors (Lipinski definition) is 4. The van der Waals surface area contributed by atoms with Gasteiger partial charge in [-0.05, 0) is 45.0 Å². The summed E-state index contributed by atoms with van der Waals surface area (Å²) < 4.78 is 7.65. The van der Waals surface area contributed by atoms with E-state index in [1.165, 1.54) is 0 Å². The molecule has 0 aliphatic rings. The third-order valence-electron chi connectivity index (χ3n) is 4.07. The summed E-state index contributed by atoms with van der Waals surface area (Å²) in [4.78, 5) is 4.41. The van der Waals surface area contributed by atoms with E-state index in [1.54, 1.807) is 6.92 Å². The number of nitrogens with zero attached hydrogens (tertiary/aromatic N) is 2. The molecule has 3 aromatic rings. The molecule has 1 atom stereocenters. The van der Waals surface area contributed by atoms with Crippen molar-refractivity contribution in [2.45, 2.75) is 32.9 Å². The fraction of sp³-hybridized carbons (Fsp3) is 0.316. The molecule has 1 aromatic carbocycles. The highest BCUT2D eigenvalue weighted by molar-refractivity contribution is 5.35. The molecule has 0 fully saturated rings. The number of hydrogen-bond donors (Lipinski definition) is 2. The number of para-hydroxylation sites is 1. The van der Waals surface area contributed by atoms with E-state index in [2.05, 4.69) is 27.0 Å². The highest BCUT2D eigenvalue weighted by Crippen LogP contribution is 2.22. The number of aliphatic hydroxyl groups is 1. The van der Waals surface area contributed by atoms with E-state index in [-0.39, 0.29) is 0 Å². The van der Waals surface area contributed by atoms with Crippen molar-refractivity contribution in [3.05, 3.63) is 71.7 Å². The highest BCUT2D eigenvalue weighted by atomic mass is 16.4. The molecule has 0 amide bonds. The van der Waals surface area contributed by atoms with Gasteiger partial charge < -0.3 is 14.8 Å². The molecule has 126 valence electrons. The van der Waals surface area contributed by atoms with E-state index in [1.807, 2.05) is 50.4 Å². The minimum Gasteiger partial charge on any atom is -0.463 e. The Morgan fingerprint density at radius 3 is 2.58 bits per heavy atom. The summed E-state index contributed by atoms with van der Waals surface area (Å²) in [5.41, 5.74) is 1.07. The van der Waals surface area contributed by atoms with Crippen LogP contribution in [0, 0.1) is 13.8 Å². The van der Waals surface area contributed by atoms with Crippen LogP contribution in [0.2, 0.25) is 0 Å². The minimum absolute atomic E-state index is 0.388. The van der Waals surface area contributed by atoms with Crippen molar-refractivity contribution in [2.75, 3.05) is 6.54 Å². The van der Waals surface area contributed by atoms with Gasteiger partial charge in [0.1, 0.15) is 22.9 Å². The standard InChI is InChI=1S/C19H23N3O2/c1-14-9-10-18(24-14)19(3,23)13-20-11-17-12-21-15(2)22(17)16-7-5-4-6-8-16/h4-10,12,20,23H,11,13H2,1-3H3. The van der Waals surface area contributed by atoms with E-state index in [4.69, 9.17) is 4.42 Å². The van der Waals surface area contributed by atoms with Gasteiger partial charge in [0, 0.05) is 18.8 Å². The lowest BCUT2D eigenvalue weighted by Crippen LogP contribution is -2.35. The van der Waals surface area contributed by atoms with Crippen molar-refractivity contribution in [1.29, 1.82) is 0 Å². The number of benzene rings is 1. The molecule has 2 aromatic heterocycles. The first-order valence-electron chi connectivity index (χ1n) is 8.06. The fourth-order valence-electron chi connectivity index (χ4n) is 2.79. The van der Waals surface area contributed by atoms with Gasteiger partial charge in [0.25, 0.3) is 0 Å². The van der Waals surface area contributed by atoms with E-state index in [0.717, 1.165) is 23.0 Å². The summed E-state index contributed by atoms with van der Waals surface area (Å²) in [6.07, 6.45) is 1.86. The highest BCUT2D eigenvalue weighted by Gasteiger charge is 2.26. The first-order chi connectivity index (χ1) is 11.5. The van der Waals surface area contributed by atoms with Crippen molar-refractivity contribution >= 4 is 0 Å². The van der Waals surface area contributed by atoms with Crippen LogP contribution in [0.15, 0.2) is 53.1 Å². The van der Waals surface area contributed by atoms with Crippen molar-refractivity contribution in [1.82, 2.24) is 14.9 Å². The molecule has 0 saturated carbocycles. The third kappa shape index (κ3) is 3.42. The zero-order valence-electron chi connectivity index (χ0n) is 14.3. The Kier molecular flexibility index (Phi) is 4.55. The molecule has 0 bridgehead atoms. The molecule has 1 unspecified atom stereocenters. The lowest BCUT2D eigenvalue weighted by Gasteiger charge is -2.21. The Hall–Kier alpha value is -2.37. The summed E-state index contributed by atoms with van der Waals surface area (Å²) in [5, 5.41) is 13.9. The molecule has 0 saturated heterocycles. The summed E-state index contributed by atoms with van der Waals surface area (Å²) in [5.74, 6) is 2.30. The van der Waals surface area contributed by atoms with Gasteiger partial charge >= 0.3 is 0 Å². The summed E-state index contributed by atoms with van der Waals surface area (Å²) >= 11 is 0. The molecule has 5 nitrogen and oxygen atoms in total. The molecule has 0 aliphatic carbocycles. The van der Waals surface area contributed by atoms with Gasteiger partial charge in [-0.2, -0.15) is 0 Å². The molecule has 0 radical (unpaired) electrons. The molecule has 24 heavy (non-hydrogen) atoms. The van der Waals surface area contributed by atoms with Crippen molar-refractivity contribution < 1.29 is 9.52 Å². The van der Waals surface area contributed by atoms with Crippen LogP contribution in [-0.4, -0.2) is 21.2 Å². The Bertz CT molecular complexity index is 803. The molecule has 2 heterocycles. The average molecular weight is 325 g/mol. The topological polar surface area (TPSA) is 63.2 Å². The Balaban J connectivity index is 1.70. The van der Waals surface area contributed by atoms with Crippen molar-refractivity contribution in [2.24, 2.45) is 0 Å². The molecule has 5 heteroatoms. The first-order valence-corrected chi connectivity index (χ1v) is 8.06. The quantitative estimate of drug-likeness (QED) is 0.731. The van der Waals surface area contributed by atoms with Gasteiger partial charge in [-0.1, -0.05) is 18.2 Å². The Morgan fingerprint density at radius 2 is 1.92 bits per heavy atom. The summed E-state index contributed by atoms with van der Waals surface area (Å²) in [6, 6.07) is 13.8. The van der Waals surface area contributed by atoms with Gasteiger partial charge in [-0.3, -0.25) is 4.57 Å². The molecular weight excluding hydrogens is 302 g/mol. The largest absolute Gasteiger partial charge is 0.463 e. The summed E-state index contributed by atoms with van der Waals surface area (Å²) in [6.45, 7) is 6.59. The predicted molar refractivity (Wildman–Crippen MR) is 93.0 cm³/mol. The molecule has 3 rings (SSSR count). The number of aromatic nitrogens is 2. The monoisotopic (exact) mass is 325 g/mol. The van der Waals surface area contributed by atoms with E-state index in [9.17, 15) is 5.11 Å². The average Bonchev–Trinajstić information content (AvgIpc) is 3.15.